The number of amides is 1. The zero-order valence-electron chi connectivity index (χ0n) is 16.5. The Bertz CT molecular complexity index is 331. The van der Waals surface area contributed by atoms with E-state index in [0.717, 1.165) is 24.8 Å². The van der Waals surface area contributed by atoms with Gasteiger partial charge in [0.25, 0.3) is 0 Å². The van der Waals surface area contributed by atoms with Crippen molar-refractivity contribution >= 4 is 5.91 Å². The number of carbonyl (C=O) groups excluding carboxylic acids is 1. The molecule has 0 aromatic heterocycles. The SMILES string of the molecule is CCCCCCCCCCCCC(CCC)=C(C)C(=O)N(C)C. The highest BCUT2D eigenvalue weighted by molar-refractivity contribution is 5.93. The predicted octanol–water partition coefficient (Wildman–Crippen LogP) is 6.50. The average Bonchev–Trinajstić information content (AvgIpc) is 2.54. The van der Waals surface area contributed by atoms with Crippen molar-refractivity contribution in [1.29, 1.82) is 0 Å². The third-order valence-electron chi connectivity index (χ3n) is 4.64. The third-order valence-corrected chi connectivity index (χ3v) is 4.64. The number of hydrogen-bond acceptors (Lipinski definition) is 1. The first-order valence-electron chi connectivity index (χ1n) is 9.94. The van der Waals surface area contributed by atoms with E-state index in [4.69, 9.17) is 0 Å². The summed E-state index contributed by atoms with van der Waals surface area (Å²) >= 11 is 0. The summed E-state index contributed by atoms with van der Waals surface area (Å²) in [5.41, 5.74) is 2.36. The van der Waals surface area contributed by atoms with E-state index < -0.39 is 0 Å². The van der Waals surface area contributed by atoms with Gasteiger partial charge in [-0.1, -0.05) is 83.6 Å². The standard InChI is InChI=1S/C21H41NO/c1-6-8-9-10-11-12-13-14-15-16-18-20(17-7-2)19(3)21(23)22(4)5/h6-18H2,1-5H3. The number of nitrogens with zero attached hydrogens (tertiary/aromatic N) is 1. The van der Waals surface area contributed by atoms with Gasteiger partial charge in [-0.15, -0.1) is 0 Å². The van der Waals surface area contributed by atoms with Gasteiger partial charge in [-0.25, -0.2) is 0 Å². The van der Waals surface area contributed by atoms with Crippen molar-refractivity contribution in [1.82, 2.24) is 4.90 Å². The molecule has 1 amide bonds. The smallest absolute Gasteiger partial charge is 0.248 e. The Hall–Kier alpha value is -0.790. The van der Waals surface area contributed by atoms with Gasteiger partial charge >= 0.3 is 0 Å². The Balaban J connectivity index is 3.89. The summed E-state index contributed by atoms with van der Waals surface area (Å²) in [6.45, 7) is 6.48. The first kappa shape index (κ1) is 22.2. The van der Waals surface area contributed by atoms with Crippen molar-refractivity contribution in [2.45, 2.75) is 104 Å². The molecule has 0 aliphatic heterocycles. The molecular weight excluding hydrogens is 282 g/mol. The molecule has 0 aromatic carbocycles. The molecule has 0 unspecified atom stereocenters. The lowest BCUT2D eigenvalue weighted by atomic mass is 9.97. The van der Waals surface area contributed by atoms with E-state index >= 15 is 0 Å². The van der Waals surface area contributed by atoms with Crippen LogP contribution in [0.4, 0.5) is 0 Å². The predicted molar refractivity (Wildman–Crippen MR) is 103 cm³/mol. The molecule has 0 heterocycles. The molecule has 0 N–H and O–H groups in total. The van der Waals surface area contributed by atoms with Crippen molar-refractivity contribution in [2.24, 2.45) is 0 Å². The number of hydrogen-bond donors (Lipinski definition) is 0. The fraction of sp³-hybridized carbons (Fsp3) is 0.857. The summed E-state index contributed by atoms with van der Waals surface area (Å²) in [5, 5.41) is 0. The van der Waals surface area contributed by atoms with Gasteiger partial charge in [0.15, 0.2) is 0 Å². The lowest BCUT2D eigenvalue weighted by Crippen LogP contribution is -2.23. The van der Waals surface area contributed by atoms with Crippen LogP contribution < -0.4 is 0 Å². The summed E-state index contributed by atoms with van der Waals surface area (Å²) in [7, 11) is 3.69. The molecule has 0 aromatic rings. The van der Waals surface area contributed by atoms with E-state index in [9.17, 15) is 4.79 Å². The molecule has 2 nitrogen and oxygen atoms in total. The second kappa shape index (κ2) is 14.8. The molecule has 0 rings (SSSR count). The molecule has 0 saturated carbocycles. The fourth-order valence-electron chi connectivity index (χ4n) is 3.11. The fourth-order valence-corrected chi connectivity index (χ4v) is 3.11. The van der Waals surface area contributed by atoms with E-state index in [0.29, 0.717) is 0 Å². The van der Waals surface area contributed by atoms with Crippen LogP contribution in [0.3, 0.4) is 0 Å². The molecule has 0 spiro atoms. The van der Waals surface area contributed by atoms with Crippen LogP contribution in [0.1, 0.15) is 104 Å². The lowest BCUT2D eigenvalue weighted by Gasteiger charge is -2.15. The summed E-state index contributed by atoms with van der Waals surface area (Å²) in [6, 6.07) is 0. The minimum atomic E-state index is 0.181. The van der Waals surface area contributed by atoms with Crippen LogP contribution >= 0.6 is 0 Å². The Morgan fingerprint density at radius 2 is 1.17 bits per heavy atom. The minimum absolute atomic E-state index is 0.181. The highest BCUT2D eigenvalue weighted by atomic mass is 16.2. The summed E-state index contributed by atoms with van der Waals surface area (Å²) in [4.78, 5) is 13.8. The van der Waals surface area contributed by atoms with Crippen LogP contribution in [0.25, 0.3) is 0 Å². The molecule has 0 aliphatic carbocycles. The summed E-state index contributed by atoms with van der Waals surface area (Å²) in [5.74, 6) is 0.181. The number of unbranched alkanes of at least 4 members (excludes halogenated alkanes) is 9. The van der Waals surface area contributed by atoms with Gasteiger partial charge < -0.3 is 4.90 Å². The van der Waals surface area contributed by atoms with Gasteiger partial charge in [-0.3, -0.25) is 4.79 Å². The van der Waals surface area contributed by atoms with Crippen LogP contribution in [0, 0.1) is 0 Å². The van der Waals surface area contributed by atoms with Crippen molar-refractivity contribution in [3.05, 3.63) is 11.1 Å². The van der Waals surface area contributed by atoms with E-state index in [2.05, 4.69) is 13.8 Å². The van der Waals surface area contributed by atoms with Crippen LogP contribution in [0.5, 0.6) is 0 Å². The Morgan fingerprint density at radius 3 is 1.61 bits per heavy atom. The highest BCUT2D eigenvalue weighted by Crippen LogP contribution is 2.21. The van der Waals surface area contributed by atoms with Gasteiger partial charge in [-0.05, 0) is 26.2 Å². The monoisotopic (exact) mass is 323 g/mol. The third kappa shape index (κ3) is 11.4. The van der Waals surface area contributed by atoms with Crippen molar-refractivity contribution in [3.63, 3.8) is 0 Å². The van der Waals surface area contributed by atoms with Gasteiger partial charge in [0.1, 0.15) is 0 Å². The largest absolute Gasteiger partial charge is 0.345 e. The molecule has 23 heavy (non-hydrogen) atoms. The second-order valence-electron chi connectivity index (χ2n) is 7.11. The van der Waals surface area contributed by atoms with E-state index in [1.165, 1.54) is 69.8 Å². The molecule has 136 valence electrons. The molecule has 0 radical (unpaired) electrons. The van der Waals surface area contributed by atoms with Crippen LogP contribution in [0.15, 0.2) is 11.1 Å². The molecule has 0 aliphatic rings. The normalized spacial score (nSPS) is 12.2. The maximum atomic E-state index is 12.1. The van der Waals surface area contributed by atoms with E-state index in [-0.39, 0.29) is 5.91 Å². The van der Waals surface area contributed by atoms with Gasteiger partial charge in [-0.2, -0.15) is 0 Å². The zero-order valence-corrected chi connectivity index (χ0v) is 16.5. The maximum Gasteiger partial charge on any atom is 0.248 e. The van der Waals surface area contributed by atoms with E-state index in [1.807, 2.05) is 21.0 Å². The number of carbonyl (C=O) groups is 1. The van der Waals surface area contributed by atoms with Crippen LogP contribution in [-0.2, 0) is 4.79 Å². The quantitative estimate of drug-likeness (QED) is 0.264. The van der Waals surface area contributed by atoms with E-state index in [1.54, 1.807) is 4.90 Å². The lowest BCUT2D eigenvalue weighted by molar-refractivity contribution is -0.124. The molecule has 2 heteroatoms. The van der Waals surface area contributed by atoms with Crippen LogP contribution in [0.2, 0.25) is 0 Å². The first-order chi connectivity index (χ1) is 11.0. The van der Waals surface area contributed by atoms with Gasteiger partial charge in [0.05, 0.1) is 0 Å². The Kier molecular flexibility index (Phi) is 14.3. The van der Waals surface area contributed by atoms with Crippen molar-refractivity contribution in [2.75, 3.05) is 14.1 Å². The number of rotatable bonds is 14. The topological polar surface area (TPSA) is 20.3 Å². The minimum Gasteiger partial charge on any atom is -0.345 e. The molecule has 0 saturated heterocycles. The maximum absolute atomic E-state index is 12.1. The molecular formula is C21H41NO. The zero-order chi connectivity index (χ0) is 17.5. The molecule has 0 bridgehead atoms. The molecule has 0 atom stereocenters. The van der Waals surface area contributed by atoms with Crippen LogP contribution in [-0.4, -0.2) is 24.9 Å². The summed E-state index contributed by atoms with van der Waals surface area (Å²) < 4.78 is 0. The number of likely N-dealkylation sites (N-methyl/N-ethyl adjacent to an activating group) is 1. The summed E-state index contributed by atoms with van der Waals surface area (Å²) in [6.07, 6.45) is 17.0. The average molecular weight is 324 g/mol. The van der Waals surface area contributed by atoms with Gasteiger partial charge in [0, 0.05) is 19.7 Å². The van der Waals surface area contributed by atoms with Gasteiger partial charge in [0.2, 0.25) is 5.91 Å². The Labute approximate surface area is 145 Å². The first-order valence-corrected chi connectivity index (χ1v) is 9.94. The second-order valence-corrected chi connectivity index (χ2v) is 7.11. The van der Waals surface area contributed by atoms with Crippen molar-refractivity contribution in [3.8, 4) is 0 Å². The Morgan fingerprint density at radius 1 is 0.696 bits per heavy atom. The number of allylic oxidation sites excluding steroid dienone is 1. The highest BCUT2D eigenvalue weighted by Gasteiger charge is 2.11. The molecule has 0 fully saturated rings. The van der Waals surface area contributed by atoms with Crippen molar-refractivity contribution < 1.29 is 4.79 Å².